The minimum atomic E-state index is -0.508. The van der Waals surface area contributed by atoms with Gasteiger partial charge in [0.25, 0.3) is 5.91 Å². The highest BCUT2D eigenvalue weighted by Gasteiger charge is 2.29. The number of ether oxygens (including phenoxy) is 1. The van der Waals surface area contributed by atoms with Crippen LogP contribution in [0.3, 0.4) is 0 Å². The van der Waals surface area contributed by atoms with Crippen molar-refractivity contribution in [3.8, 4) is 5.75 Å². The predicted octanol–water partition coefficient (Wildman–Crippen LogP) is 2.46. The predicted molar refractivity (Wildman–Crippen MR) is 103 cm³/mol. The Balaban J connectivity index is 1.51. The fourth-order valence-electron chi connectivity index (χ4n) is 3.10. The zero-order chi connectivity index (χ0) is 19.6. The number of benzene rings is 1. The van der Waals surface area contributed by atoms with Crippen LogP contribution in [0.15, 0.2) is 24.3 Å². The number of likely N-dealkylation sites (N-methyl/N-ethyl adjacent to an activating group) is 1. The number of fused-ring (bicyclic) bond motifs is 1. The Morgan fingerprint density at radius 3 is 2.78 bits per heavy atom. The topological polar surface area (TPSA) is 88.5 Å². The minimum Gasteiger partial charge on any atom is -0.479 e. The SMILES string of the molecule is Cc1cc(C)n(CCCNC(=O)Nc2ccc3c(c2)N(C)C(=O)C(C)O3)n1. The molecule has 27 heavy (non-hydrogen) atoms. The van der Waals surface area contributed by atoms with Crippen molar-refractivity contribution in [1.29, 1.82) is 0 Å². The van der Waals surface area contributed by atoms with Crippen LogP contribution in [-0.4, -0.2) is 41.4 Å². The fourth-order valence-corrected chi connectivity index (χ4v) is 3.10. The summed E-state index contributed by atoms with van der Waals surface area (Å²) in [5, 5.41) is 10.0. The lowest BCUT2D eigenvalue weighted by atomic mass is 10.2. The summed E-state index contributed by atoms with van der Waals surface area (Å²) in [4.78, 5) is 25.7. The molecule has 0 saturated carbocycles. The largest absolute Gasteiger partial charge is 0.479 e. The van der Waals surface area contributed by atoms with E-state index in [4.69, 9.17) is 4.74 Å². The lowest BCUT2D eigenvalue weighted by molar-refractivity contribution is -0.125. The van der Waals surface area contributed by atoms with Crippen molar-refractivity contribution in [1.82, 2.24) is 15.1 Å². The van der Waals surface area contributed by atoms with Crippen LogP contribution in [0.1, 0.15) is 24.7 Å². The summed E-state index contributed by atoms with van der Waals surface area (Å²) in [6.07, 6.45) is 0.273. The molecule has 1 atom stereocenters. The molecule has 1 aromatic heterocycles. The van der Waals surface area contributed by atoms with Crippen molar-refractivity contribution in [2.75, 3.05) is 23.8 Å². The Hall–Kier alpha value is -3.03. The number of hydrogen-bond donors (Lipinski definition) is 2. The van der Waals surface area contributed by atoms with Crippen molar-refractivity contribution >= 4 is 23.3 Å². The Labute approximate surface area is 158 Å². The van der Waals surface area contributed by atoms with Gasteiger partial charge in [-0.15, -0.1) is 0 Å². The second kappa shape index (κ2) is 7.69. The summed E-state index contributed by atoms with van der Waals surface area (Å²) in [7, 11) is 1.70. The number of anilines is 2. The lowest BCUT2D eigenvalue weighted by Gasteiger charge is -2.30. The number of aryl methyl sites for hydroxylation is 3. The Kier molecular flexibility index (Phi) is 5.34. The molecule has 0 fully saturated rings. The van der Waals surface area contributed by atoms with E-state index in [1.54, 1.807) is 37.1 Å². The molecular weight excluding hydrogens is 346 g/mol. The third kappa shape index (κ3) is 4.21. The van der Waals surface area contributed by atoms with Crippen LogP contribution in [0.4, 0.5) is 16.2 Å². The van der Waals surface area contributed by atoms with E-state index in [2.05, 4.69) is 15.7 Å². The van der Waals surface area contributed by atoms with Gasteiger partial charge in [-0.2, -0.15) is 5.10 Å². The van der Waals surface area contributed by atoms with Crippen LogP contribution in [0.2, 0.25) is 0 Å². The quantitative estimate of drug-likeness (QED) is 0.790. The Morgan fingerprint density at radius 1 is 1.30 bits per heavy atom. The van der Waals surface area contributed by atoms with Gasteiger partial charge in [-0.1, -0.05) is 0 Å². The number of carbonyl (C=O) groups excluding carboxylic acids is 2. The van der Waals surface area contributed by atoms with E-state index >= 15 is 0 Å². The number of rotatable bonds is 5. The first-order chi connectivity index (χ1) is 12.8. The van der Waals surface area contributed by atoms with Crippen molar-refractivity contribution in [2.24, 2.45) is 0 Å². The monoisotopic (exact) mass is 371 g/mol. The molecule has 8 nitrogen and oxygen atoms in total. The third-order valence-corrected chi connectivity index (χ3v) is 4.50. The lowest BCUT2D eigenvalue weighted by Crippen LogP contribution is -2.42. The molecule has 1 aromatic carbocycles. The van der Waals surface area contributed by atoms with Crippen molar-refractivity contribution in [3.63, 3.8) is 0 Å². The van der Waals surface area contributed by atoms with Gasteiger partial charge in [-0.3, -0.25) is 9.48 Å². The summed E-state index contributed by atoms with van der Waals surface area (Å²) in [5.74, 6) is 0.508. The van der Waals surface area contributed by atoms with E-state index in [0.29, 0.717) is 23.7 Å². The minimum absolute atomic E-state index is 0.117. The molecule has 0 aliphatic carbocycles. The Bertz CT molecular complexity index is 861. The van der Waals surface area contributed by atoms with Gasteiger partial charge in [-0.25, -0.2) is 4.79 Å². The molecule has 8 heteroatoms. The summed E-state index contributed by atoms with van der Waals surface area (Å²) < 4.78 is 7.52. The van der Waals surface area contributed by atoms with Crippen molar-refractivity contribution in [3.05, 3.63) is 35.7 Å². The number of urea groups is 1. The molecule has 0 spiro atoms. The van der Waals surface area contributed by atoms with E-state index in [1.807, 2.05) is 24.6 Å². The van der Waals surface area contributed by atoms with Gasteiger partial charge < -0.3 is 20.3 Å². The van der Waals surface area contributed by atoms with Gasteiger partial charge in [0.05, 0.1) is 11.4 Å². The van der Waals surface area contributed by atoms with E-state index in [1.165, 1.54) is 0 Å². The van der Waals surface area contributed by atoms with Crippen LogP contribution in [-0.2, 0) is 11.3 Å². The van der Waals surface area contributed by atoms with Gasteiger partial charge >= 0.3 is 6.03 Å². The second-order valence-corrected chi connectivity index (χ2v) is 6.72. The summed E-state index contributed by atoms with van der Waals surface area (Å²) in [6, 6.07) is 6.98. The van der Waals surface area contributed by atoms with E-state index < -0.39 is 6.10 Å². The standard InChI is InChI=1S/C19H25N5O3/c1-12-10-13(2)24(22-12)9-5-8-20-19(26)21-15-6-7-17-16(11-15)23(4)18(25)14(3)27-17/h6-7,10-11,14H,5,8-9H2,1-4H3,(H2,20,21,26). The molecule has 2 heterocycles. The molecule has 2 aromatic rings. The molecule has 0 radical (unpaired) electrons. The molecular formula is C19H25N5O3. The first-order valence-corrected chi connectivity index (χ1v) is 8.99. The number of carbonyl (C=O) groups is 2. The first-order valence-electron chi connectivity index (χ1n) is 8.99. The highest BCUT2D eigenvalue weighted by Crippen LogP contribution is 2.35. The fraction of sp³-hybridized carbons (Fsp3) is 0.421. The molecule has 1 unspecified atom stereocenters. The summed E-state index contributed by atoms with van der Waals surface area (Å²) in [6.45, 7) is 6.98. The number of aromatic nitrogens is 2. The maximum atomic E-state index is 12.1. The second-order valence-electron chi connectivity index (χ2n) is 6.72. The van der Waals surface area contributed by atoms with Gasteiger partial charge in [0, 0.05) is 31.5 Å². The van der Waals surface area contributed by atoms with E-state index in [0.717, 1.165) is 24.4 Å². The third-order valence-electron chi connectivity index (χ3n) is 4.50. The highest BCUT2D eigenvalue weighted by atomic mass is 16.5. The van der Waals surface area contributed by atoms with Crippen LogP contribution >= 0.6 is 0 Å². The van der Waals surface area contributed by atoms with Gasteiger partial charge in [-0.05, 0) is 51.5 Å². The molecule has 144 valence electrons. The van der Waals surface area contributed by atoms with Crippen LogP contribution in [0, 0.1) is 13.8 Å². The normalized spacial score (nSPS) is 15.9. The molecule has 2 N–H and O–H groups in total. The number of nitrogens with zero attached hydrogens (tertiary/aromatic N) is 3. The zero-order valence-corrected chi connectivity index (χ0v) is 16.1. The average Bonchev–Trinajstić information content (AvgIpc) is 2.95. The first kappa shape index (κ1) is 18.8. The summed E-state index contributed by atoms with van der Waals surface area (Å²) >= 11 is 0. The van der Waals surface area contributed by atoms with E-state index in [-0.39, 0.29) is 11.9 Å². The molecule has 1 aliphatic rings. The van der Waals surface area contributed by atoms with Crippen LogP contribution < -0.4 is 20.3 Å². The zero-order valence-electron chi connectivity index (χ0n) is 16.1. The van der Waals surface area contributed by atoms with Gasteiger partial charge in [0.1, 0.15) is 5.75 Å². The molecule has 3 amide bonds. The molecule has 1 aliphatic heterocycles. The van der Waals surface area contributed by atoms with Gasteiger partial charge in [0.2, 0.25) is 0 Å². The van der Waals surface area contributed by atoms with E-state index in [9.17, 15) is 9.59 Å². The van der Waals surface area contributed by atoms with Crippen molar-refractivity contribution < 1.29 is 14.3 Å². The average molecular weight is 371 g/mol. The molecule has 0 saturated heterocycles. The Morgan fingerprint density at radius 2 is 2.07 bits per heavy atom. The maximum absolute atomic E-state index is 12.1. The molecule has 0 bridgehead atoms. The van der Waals surface area contributed by atoms with Crippen LogP contribution in [0.5, 0.6) is 5.75 Å². The summed E-state index contributed by atoms with van der Waals surface area (Å²) in [5.41, 5.74) is 3.34. The number of amides is 3. The number of hydrogen-bond acceptors (Lipinski definition) is 4. The highest BCUT2D eigenvalue weighted by molar-refractivity contribution is 6.00. The molecule has 3 rings (SSSR count). The van der Waals surface area contributed by atoms with Crippen molar-refractivity contribution in [2.45, 2.75) is 39.8 Å². The maximum Gasteiger partial charge on any atom is 0.319 e. The smallest absolute Gasteiger partial charge is 0.319 e. The number of nitrogens with one attached hydrogen (secondary N) is 2. The van der Waals surface area contributed by atoms with Gasteiger partial charge in [0.15, 0.2) is 6.10 Å². The van der Waals surface area contributed by atoms with Crippen LogP contribution in [0.25, 0.3) is 0 Å².